The Kier molecular flexibility index (Phi) is 3.80. The summed E-state index contributed by atoms with van der Waals surface area (Å²) in [6, 6.07) is 5.26. The van der Waals surface area contributed by atoms with Crippen molar-refractivity contribution in [2.24, 2.45) is 0 Å². The van der Waals surface area contributed by atoms with Crippen molar-refractivity contribution in [2.75, 3.05) is 13.1 Å². The second-order valence-electron chi connectivity index (χ2n) is 4.40. The van der Waals surface area contributed by atoms with Crippen LogP contribution in [0.25, 0.3) is 0 Å². The van der Waals surface area contributed by atoms with Crippen LogP contribution >= 0.6 is 0 Å². The number of H-pyrrole nitrogens is 1. The Balaban J connectivity index is 1.73. The molecule has 1 aliphatic heterocycles. The minimum absolute atomic E-state index is 0.420. The maximum atomic E-state index is 3.56. The third-order valence-corrected chi connectivity index (χ3v) is 3.17. The highest BCUT2D eigenvalue weighted by Gasteiger charge is 2.13. The summed E-state index contributed by atoms with van der Waals surface area (Å²) in [5.41, 5.74) is 1.27. The fourth-order valence-corrected chi connectivity index (χ4v) is 2.14. The molecule has 1 aromatic rings. The summed E-state index contributed by atoms with van der Waals surface area (Å²) in [7, 11) is 0. The second kappa shape index (κ2) is 5.33. The van der Waals surface area contributed by atoms with E-state index in [2.05, 4.69) is 28.6 Å². The van der Waals surface area contributed by atoms with E-state index in [0.717, 1.165) is 6.54 Å². The first kappa shape index (κ1) is 10.7. The zero-order chi connectivity index (χ0) is 10.5. The van der Waals surface area contributed by atoms with Gasteiger partial charge in [0.25, 0.3) is 0 Å². The third kappa shape index (κ3) is 3.08. The Morgan fingerprint density at radius 3 is 3.13 bits per heavy atom. The number of hydrogen-bond donors (Lipinski definition) is 3. The molecule has 0 aliphatic carbocycles. The first-order valence-corrected chi connectivity index (χ1v) is 5.96. The van der Waals surface area contributed by atoms with E-state index in [9.17, 15) is 0 Å². The molecule has 0 radical (unpaired) electrons. The van der Waals surface area contributed by atoms with E-state index < -0.39 is 0 Å². The third-order valence-electron chi connectivity index (χ3n) is 3.17. The van der Waals surface area contributed by atoms with Crippen molar-refractivity contribution in [3.05, 3.63) is 24.0 Å². The van der Waals surface area contributed by atoms with Gasteiger partial charge in [0.2, 0.25) is 0 Å². The lowest BCUT2D eigenvalue weighted by atomic mass is 10.0. The van der Waals surface area contributed by atoms with Crippen LogP contribution in [0.1, 0.15) is 37.9 Å². The molecule has 0 saturated carbocycles. The molecule has 2 rings (SSSR count). The minimum atomic E-state index is 0.420. The van der Waals surface area contributed by atoms with Gasteiger partial charge in [-0.05, 0) is 38.4 Å². The number of piperidine rings is 1. The standard InChI is InChI=1S/C12H21N3/c1-10(12-6-4-8-14-12)15-9-11-5-2-3-7-13-11/h4,6,8,10-11,13-15H,2-3,5,7,9H2,1H3/t10-,11+/m1/s1. The molecule has 3 heteroatoms. The molecule has 0 bridgehead atoms. The summed E-state index contributed by atoms with van der Waals surface area (Å²) >= 11 is 0. The molecule has 15 heavy (non-hydrogen) atoms. The van der Waals surface area contributed by atoms with E-state index in [0.29, 0.717) is 12.1 Å². The Bertz CT molecular complexity index is 262. The largest absolute Gasteiger partial charge is 0.364 e. The van der Waals surface area contributed by atoms with Crippen LogP contribution in [0.4, 0.5) is 0 Å². The van der Waals surface area contributed by atoms with Gasteiger partial charge in [0.05, 0.1) is 0 Å². The van der Waals surface area contributed by atoms with E-state index in [1.54, 1.807) is 0 Å². The molecule has 1 aliphatic rings. The van der Waals surface area contributed by atoms with E-state index in [-0.39, 0.29) is 0 Å². The summed E-state index contributed by atoms with van der Waals surface area (Å²) in [6.45, 7) is 4.46. The molecule has 1 saturated heterocycles. The fourth-order valence-electron chi connectivity index (χ4n) is 2.14. The summed E-state index contributed by atoms with van der Waals surface area (Å²) in [6.07, 6.45) is 6.00. The second-order valence-corrected chi connectivity index (χ2v) is 4.40. The van der Waals surface area contributed by atoms with Crippen LogP contribution in [0.5, 0.6) is 0 Å². The highest BCUT2D eigenvalue weighted by Crippen LogP contribution is 2.10. The zero-order valence-corrected chi connectivity index (χ0v) is 9.42. The van der Waals surface area contributed by atoms with E-state index in [4.69, 9.17) is 0 Å². The molecule has 0 aromatic carbocycles. The molecule has 3 nitrogen and oxygen atoms in total. The maximum absolute atomic E-state index is 3.56. The smallest absolute Gasteiger partial charge is 0.0444 e. The Morgan fingerprint density at radius 1 is 1.53 bits per heavy atom. The first-order valence-electron chi connectivity index (χ1n) is 5.96. The van der Waals surface area contributed by atoms with Crippen molar-refractivity contribution in [1.29, 1.82) is 0 Å². The molecule has 0 amide bonds. The van der Waals surface area contributed by atoms with Crippen LogP contribution in [-0.4, -0.2) is 24.1 Å². The summed E-state index contributed by atoms with van der Waals surface area (Å²) in [5, 5.41) is 7.11. The highest BCUT2D eigenvalue weighted by atomic mass is 15.0. The summed E-state index contributed by atoms with van der Waals surface area (Å²) in [5.74, 6) is 0. The Morgan fingerprint density at radius 2 is 2.47 bits per heavy atom. The van der Waals surface area contributed by atoms with Crippen molar-refractivity contribution >= 4 is 0 Å². The lowest BCUT2D eigenvalue weighted by Crippen LogP contribution is -2.42. The molecule has 84 valence electrons. The monoisotopic (exact) mass is 207 g/mol. The van der Waals surface area contributed by atoms with Crippen LogP contribution in [-0.2, 0) is 0 Å². The first-order chi connectivity index (χ1) is 7.36. The van der Waals surface area contributed by atoms with Crippen LogP contribution in [0.3, 0.4) is 0 Å². The topological polar surface area (TPSA) is 39.8 Å². The minimum Gasteiger partial charge on any atom is -0.364 e. The van der Waals surface area contributed by atoms with Gasteiger partial charge in [-0.1, -0.05) is 6.42 Å². The van der Waals surface area contributed by atoms with Crippen LogP contribution in [0.15, 0.2) is 18.3 Å². The number of rotatable bonds is 4. The van der Waals surface area contributed by atoms with Crippen molar-refractivity contribution in [3.8, 4) is 0 Å². The molecule has 0 unspecified atom stereocenters. The molecule has 2 atom stereocenters. The molecular formula is C12H21N3. The summed E-state index contributed by atoms with van der Waals surface area (Å²) in [4.78, 5) is 3.24. The highest BCUT2D eigenvalue weighted by molar-refractivity contribution is 5.07. The van der Waals surface area contributed by atoms with Gasteiger partial charge in [-0.15, -0.1) is 0 Å². The Hall–Kier alpha value is -0.800. The number of hydrogen-bond acceptors (Lipinski definition) is 2. The molecule has 3 N–H and O–H groups in total. The van der Waals surface area contributed by atoms with E-state index in [1.807, 2.05) is 12.3 Å². The van der Waals surface area contributed by atoms with Crippen molar-refractivity contribution in [1.82, 2.24) is 15.6 Å². The van der Waals surface area contributed by atoms with Gasteiger partial charge in [0.15, 0.2) is 0 Å². The predicted octanol–water partition coefficient (Wildman–Crippen LogP) is 1.81. The lowest BCUT2D eigenvalue weighted by molar-refractivity contribution is 0.370. The predicted molar refractivity (Wildman–Crippen MR) is 62.9 cm³/mol. The van der Waals surface area contributed by atoms with Crippen LogP contribution in [0, 0.1) is 0 Å². The van der Waals surface area contributed by atoms with Gasteiger partial charge < -0.3 is 15.6 Å². The normalized spacial score (nSPS) is 23.9. The molecule has 1 fully saturated rings. The number of aromatic nitrogens is 1. The average Bonchev–Trinajstić information content (AvgIpc) is 2.81. The van der Waals surface area contributed by atoms with Gasteiger partial charge in [-0.3, -0.25) is 0 Å². The quantitative estimate of drug-likeness (QED) is 0.704. The van der Waals surface area contributed by atoms with Crippen LogP contribution < -0.4 is 10.6 Å². The maximum Gasteiger partial charge on any atom is 0.0444 e. The fraction of sp³-hybridized carbons (Fsp3) is 0.667. The van der Waals surface area contributed by atoms with Crippen molar-refractivity contribution in [2.45, 2.75) is 38.3 Å². The van der Waals surface area contributed by atoms with Gasteiger partial charge in [0.1, 0.15) is 0 Å². The lowest BCUT2D eigenvalue weighted by Gasteiger charge is -2.25. The van der Waals surface area contributed by atoms with Gasteiger partial charge in [-0.2, -0.15) is 0 Å². The average molecular weight is 207 g/mol. The number of aromatic amines is 1. The van der Waals surface area contributed by atoms with Gasteiger partial charge in [-0.25, -0.2) is 0 Å². The van der Waals surface area contributed by atoms with Crippen molar-refractivity contribution < 1.29 is 0 Å². The SMILES string of the molecule is C[C@@H](NC[C@@H]1CCCCN1)c1ccc[nH]1. The van der Waals surface area contributed by atoms with Crippen molar-refractivity contribution in [3.63, 3.8) is 0 Å². The van der Waals surface area contributed by atoms with Gasteiger partial charge in [0, 0.05) is 30.5 Å². The van der Waals surface area contributed by atoms with E-state index >= 15 is 0 Å². The van der Waals surface area contributed by atoms with Crippen LogP contribution in [0.2, 0.25) is 0 Å². The Labute approximate surface area is 91.7 Å². The molecule has 0 spiro atoms. The van der Waals surface area contributed by atoms with Gasteiger partial charge >= 0.3 is 0 Å². The molecule has 1 aromatic heterocycles. The van der Waals surface area contributed by atoms with E-state index in [1.165, 1.54) is 31.5 Å². The molecular weight excluding hydrogens is 186 g/mol. The number of nitrogens with one attached hydrogen (secondary N) is 3. The summed E-state index contributed by atoms with van der Waals surface area (Å²) < 4.78 is 0. The zero-order valence-electron chi connectivity index (χ0n) is 9.42. The molecule has 2 heterocycles.